The molecule has 88 valence electrons. The highest BCUT2D eigenvalue weighted by atomic mass is 16.6. The van der Waals surface area contributed by atoms with Gasteiger partial charge in [-0.1, -0.05) is 0 Å². The fourth-order valence-corrected chi connectivity index (χ4v) is 1.57. The number of nitro benzene ring substituents is 1. The number of hydrogen-bond donors (Lipinski definition) is 1. The maximum atomic E-state index is 10.8. The lowest BCUT2D eigenvalue weighted by Crippen LogP contribution is -2.00. The zero-order chi connectivity index (χ0) is 12.3. The number of nitro groups is 1. The molecule has 0 unspecified atom stereocenters. The third kappa shape index (κ3) is 2.41. The fraction of sp³-hybridized carbons (Fsp3) is 0.182. The van der Waals surface area contributed by atoms with Gasteiger partial charge in [-0.15, -0.1) is 0 Å². The SMILES string of the molecule is CCNc1cc(-n2ccnc2)cc([N+](=O)[O-])c1. The second-order valence-electron chi connectivity index (χ2n) is 3.50. The molecule has 1 heterocycles. The molecule has 0 fully saturated rings. The summed E-state index contributed by atoms with van der Waals surface area (Å²) in [7, 11) is 0. The summed E-state index contributed by atoms with van der Waals surface area (Å²) in [6, 6.07) is 4.88. The van der Waals surface area contributed by atoms with E-state index in [9.17, 15) is 10.1 Å². The number of aromatic nitrogens is 2. The molecule has 17 heavy (non-hydrogen) atoms. The van der Waals surface area contributed by atoms with Gasteiger partial charge < -0.3 is 9.88 Å². The molecular weight excluding hydrogens is 220 g/mol. The van der Waals surface area contributed by atoms with Crippen LogP contribution in [0.5, 0.6) is 0 Å². The van der Waals surface area contributed by atoms with E-state index in [1.54, 1.807) is 23.3 Å². The molecule has 2 rings (SSSR count). The molecule has 0 aliphatic rings. The average Bonchev–Trinajstić information content (AvgIpc) is 2.82. The number of rotatable bonds is 4. The lowest BCUT2D eigenvalue weighted by molar-refractivity contribution is -0.384. The van der Waals surface area contributed by atoms with Crippen LogP contribution in [0.15, 0.2) is 36.9 Å². The van der Waals surface area contributed by atoms with Crippen molar-refractivity contribution in [1.82, 2.24) is 9.55 Å². The lowest BCUT2D eigenvalue weighted by atomic mass is 10.2. The van der Waals surface area contributed by atoms with E-state index in [0.29, 0.717) is 12.2 Å². The Morgan fingerprint density at radius 3 is 2.88 bits per heavy atom. The summed E-state index contributed by atoms with van der Waals surface area (Å²) in [6.45, 7) is 2.65. The van der Waals surface area contributed by atoms with Crippen LogP contribution in [-0.2, 0) is 0 Å². The van der Waals surface area contributed by atoms with Crippen LogP contribution in [0.2, 0.25) is 0 Å². The van der Waals surface area contributed by atoms with Crippen LogP contribution in [-0.4, -0.2) is 21.0 Å². The van der Waals surface area contributed by atoms with Crippen LogP contribution in [0, 0.1) is 10.1 Å². The first kappa shape index (κ1) is 11.1. The number of anilines is 1. The van der Waals surface area contributed by atoms with Gasteiger partial charge in [-0.05, 0) is 13.0 Å². The molecule has 6 heteroatoms. The third-order valence-corrected chi connectivity index (χ3v) is 2.30. The van der Waals surface area contributed by atoms with Crippen LogP contribution in [0.1, 0.15) is 6.92 Å². The quantitative estimate of drug-likeness (QED) is 0.648. The summed E-state index contributed by atoms with van der Waals surface area (Å²) in [5.41, 5.74) is 1.50. The van der Waals surface area contributed by atoms with E-state index in [2.05, 4.69) is 10.3 Å². The lowest BCUT2D eigenvalue weighted by Gasteiger charge is -2.07. The molecule has 1 N–H and O–H groups in total. The van der Waals surface area contributed by atoms with Crippen molar-refractivity contribution >= 4 is 11.4 Å². The number of non-ortho nitro benzene ring substituents is 1. The Hall–Kier alpha value is -2.37. The van der Waals surface area contributed by atoms with Gasteiger partial charge in [0.15, 0.2) is 0 Å². The van der Waals surface area contributed by atoms with Crippen molar-refractivity contribution in [3.05, 3.63) is 47.0 Å². The summed E-state index contributed by atoms with van der Waals surface area (Å²) < 4.78 is 1.73. The Balaban J connectivity index is 2.48. The smallest absolute Gasteiger partial charge is 0.273 e. The van der Waals surface area contributed by atoms with Gasteiger partial charge in [0.25, 0.3) is 5.69 Å². The molecule has 0 radical (unpaired) electrons. The molecule has 0 atom stereocenters. The highest BCUT2D eigenvalue weighted by Gasteiger charge is 2.10. The van der Waals surface area contributed by atoms with E-state index in [1.165, 1.54) is 12.1 Å². The summed E-state index contributed by atoms with van der Waals surface area (Å²) in [6.07, 6.45) is 4.98. The predicted molar refractivity (Wildman–Crippen MR) is 64.4 cm³/mol. The summed E-state index contributed by atoms with van der Waals surface area (Å²) in [5, 5.41) is 13.9. The highest BCUT2D eigenvalue weighted by Crippen LogP contribution is 2.23. The first-order valence-corrected chi connectivity index (χ1v) is 5.22. The van der Waals surface area contributed by atoms with Gasteiger partial charge in [-0.25, -0.2) is 4.98 Å². The zero-order valence-corrected chi connectivity index (χ0v) is 9.33. The van der Waals surface area contributed by atoms with Gasteiger partial charge in [-0.2, -0.15) is 0 Å². The van der Waals surface area contributed by atoms with Crippen molar-refractivity contribution in [2.24, 2.45) is 0 Å². The van der Waals surface area contributed by atoms with Gasteiger partial charge in [0.2, 0.25) is 0 Å². The monoisotopic (exact) mass is 232 g/mol. The highest BCUT2D eigenvalue weighted by molar-refractivity contribution is 5.58. The Bertz CT molecular complexity index is 522. The fourth-order valence-electron chi connectivity index (χ4n) is 1.57. The standard InChI is InChI=1S/C11H12N4O2/c1-2-13-9-5-10(14-4-3-12-8-14)7-11(6-9)15(16)17/h3-8,13H,2H2,1H3. The molecule has 0 bridgehead atoms. The van der Waals surface area contributed by atoms with Crippen molar-refractivity contribution in [2.75, 3.05) is 11.9 Å². The minimum Gasteiger partial charge on any atom is -0.385 e. The van der Waals surface area contributed by atoms with Crippen LogP contribution in [0.3, 0.4) is 0 Å². The number of nitrogens with zero attached hydrogens (tertiary/aromatic N) is 3. The Morgan fingerprint density at radius 2 is 2.29 bits per heavy atom. The molecule has 0 amide bonds. The normalized spacial score (nSPS) is 10.2. The number of imidazole rings is 1. The third-order valence-electron chi connectivity index (χ3n) is 2.30. The predicted octanol–water partition coefficient (Wildman–Crippen LogP) is 2.21. The molecule has 6 nitrogen and oxygen atoms in total. The maximum Gasteiger partial charge on any atom is 0.273 e. The molecule has 0 aliphatic carbocycles. The second kappa shape index (κ2) is 4.65. The minimum absolute atomic E-state index is 0.0622. The second-order valence-corrected chi connectivity index (χ2v) is 3.50. The molecular formula is C11H12N4O2. The topological polar surface area (TPSA) is 73.0 Å². The largest absolute Gasteiger partial charge is 0.385 e. The summed E-state index contributed by atoms with van der Waals surface area (Å²) in [5.74, 6) is 0. The molecule has 0 saturated heterocycles. The van der Waals surface area contributed by atoms with E-state index < -0.39 is 4.92 Å². The summed E-state index contributed by atoms with van der Waals surface area (Å²) in [4.78, 5) is 14.4. The van der Waals surface area contributed by atoms with Gasteiger partial charge >= 0.3 is 0 Å². The van der Waals surface area contributed by atoms with Crippen LogP contribution in [0.4, 0.5) is 11.4 Å². The Labute approximate surface area is 98.1 Å². The van der Waals surface area contributed by atoms with E-state index in [0.717, 1.165) is 5.69 Å². The molecule has 2 aromatic rings. The number of nitrogens with one attached hydrogen (secondary N) is 1. The van der Waals surface area contributed by atoms with Crippen molar-refractivity contribution < 1.29 is 4.92 Å². The van der Waals surface area contributed by atoms with Crippen molar-refractivity contribution in [2.45, 2.75) is 6.92 Å². The van der Waals surface area contributed by atoms with Gasteiger partial charge in [0.05, 0.1) is 16.9 Å². The first-order valence-electron chi connectivity index (χ1n) is 5.22. The van der Waals surface area contributed by atoms with Crippen LogP contribution in [0.25, 0.3) is 5.69 Å². The Morgan fingerprint density at radius 1 is 1.47 bits per heavy atom. The minimum atomic E-state index is -0.402. The maximum absolute atomic E-state index is 10.8. The van der Waals surface area contributed by atoms with E-state index in [-0.39, 0.29) is 5.69 Å². The molecule has 0 saturated carbocycles. The Kier molecular flexibility index (Phi) is 3.04. The van der Waals surface area contributed by atoms with Crippen molar-refractivity contribution in [3.63, 3.8) is 0 Å². The zero-order valence-electron chi connectivity index (χ0n) is 9.33. The van der Waals surface area contributed by atoms with E-state index >= 15 is 0 Å². The van der Waals surface area contributed by atoms with Gasteiger partial charge in [0.1, 0.15) is 0 Å². The molecule has 1 aromatic carbocycles. The number of benzene rings is 1. The van der Waals surface area contributed by atoms with Gasteiger partial charge in [-0.3, -0.25) is 10.1 Å². The number of hydrogen-bond acceptors (Lipinski definition) is 4. The van der Waals surface area contributed by atoms with Crippen molar-refractivity contribution in [3.8, 4) is 5.69 Å². The molecule has 0 spiro atoms. The van der Waals surface area contributed by atoms with E-state index in [4.69, 9.17) is 0 Å². The summed E-state index contributed by atoms with van der Waals surface area (Å²) >= 11 is 0. The van der Waals surface area contributed by atoms with Gasteiger partial charge in [0, 0.05) is 36.8 Å². The van der Waals surface area contributed by atoms with Crippen LogP contribution >= 0.6 is 0 Å². The molecule has 1 aromatic heterocycles. The van der Waals surface area contributed by atoms with Crippen LogP contribution < -0.4 is 5.32 Å². The van der Waals surface area contributed by atoms with E-state index in [1.807, 2.05) is 13.0 Å². The van der Waals surface area contributed by atoms with Crippen molar-refractivity contribution in [1.29, 1.82) is 0 Å². The first-order chi connectivity index (χ1) is 8.20. The average molecular weight is 232 g/mol. The molecule has 0 aliphatic heterocycles.